The number of nitrogens with zero attached hydrogens (tertiary/aromatic N) is 3. The van der Waals surface area contributed by atoms with Crippen LogP contribution in [-0.4, -0.2) is 33.8 Å². The Labute approximate surface area is 167 Å². The molecule has 0 fully saturated rings. The molecular formula is C21H17BN4O3. The molecule has 0 saturated carbocycles. The average molecular weight is 384 g/mol. The van der Waals surface area contributed by atoms with Crippen LogP contribution in [0.5, 0.6) is 0 Å². The molecule has 4 aromatic rings. The third-order valence-electron chi connectivity index (χ3n) is 4.75. The van der Waals surface area contributed by atoms with E-state index in [1.165, 1.54) is 0 Å². The number of rotatable bonds is 5. The van der Waals surface area contributed by atoms with Crippen LogP contribution in [0.1, 0.15) is 5.69 Å². The van der Waals surface area contributed by atoms with Gasteiger partial charge in [-0.3, -0.25) is 9.78 Å². The number of aromatic nitrogens is 3. The van der Waals surface area contributed by atoms with Gasteiger partial charge in [0.1, 0.15) is 0 Å². The fourth-order valence-corrected chi connectivity index (χ4v) is 3.28. The fraction of sp³-hybridized carbons (Fsp3) is 0.0476. The maximum atomic E-state index is 10.7. The molecule has 4 rings (SSSR count). The van der Waals surface area contributed by atoms with Crippen molar-refractivity contribution in [3.8, 4) is 22.3 Å². The van der Waals surface area contributed by atoms with E-state index in [1.807, 2.05) is 43.3 Å². The first-order chi connectivity index (χ1) is 14.1. The van der Waals surface area contributed by atoms with E-state index in [2.05, 4.69) is 15.2 Å². The van der Waals surface area contributed by atoms with Gasteiger partial charge in [-0.25, -0.2) is 0 Å². The summed E-state index contributed by atoms with van der Waals surface area (Å²) >= 11 is 0. The number of hydrogen-bond acceptors (Lipinski definition) is 7. The van der Waals surface area contributed by atoms with Crippen molar-refractivity contribution in [2.24, 2.45) is 0 Å². The average Bonchev–Trinajstić information content (AvgIpc) is 2.76. The van der Waals surface area contributed by atoms with E-state index in [0.717, 1.165) is 38.7 Å². The van der Waals surface area contributed by atoms with E-state index in [9.17, 15) is 9.82 Å². The molecule has 0 spiro atoms. The molecule has 29 heavy (non-hydrogen) atoms. The zero-order valence-corrected chi connectivity index (χ0v) is 15.6. The van der Waals surface area contributed by atoms with E-state index in [-0.39, 0.29) is 6.47 Å². The molecule has 0 aliphatic heterocycles. The van der Waals surface area contributed by atoms with Gasteiger partial charge in [0.25, 0.3) is 6.47 Å². The summed E-state index contributed by atoms with van der Waals surface area (Å²) < 4.78 is 4.74. The molecule has 0 radical (unpaired) electrons. The van der Waals surface area contributed by atoms with Crippen LogP contribution >= 0.6 is 0 Å². The van der Waals surface area contributed by atoms with Crippen LogP contribution in [0.3, 0.4) is 0 Å². The minimum Gasteiger partial charge on any atom is -0.508 e. The molecule has 3 N–H and O–H groups in total. The molecule has 8 heteroatoms. The zero-order chi connectivity index (χ0) is 20.4. The molecule has 0 saturated heterocycles. The first-order valence-electron chi connectivity index (χ1n) is 8.92. The lowest BCUT2D eigenvalue weighted by atomic mass is 9.77. The van der Waals surface area contributed by atoms with E-state index < -0.39 is 7.12 Å². The van der Waals surface area contributed by atoms with Crippen molar-refractivity contribution in [3.63, 3.8) is 0 Å². The molecule has 0 bridgehead atoms. The highest BCUT2D eigenvalue weighted by Gasteiger charge is 2.20. The van der Waals surface area contributed by atoms with E-state index in [4.69, 9.17) is 10.4 Å². The molecular weight excluding hydrogens is 367 g/mol. The molecule has 0 atom stereocenters. The van der Waals surface area contributed by atoms with Crippen molar-refractivity contribution in [2.75, 3.05) is 5.73 Å². The second-order valence-electron chi connectivity index (χ2n) is 6.60. The standard InChI is InChI=1S/C21H17BN4O3/c1-13-20-10-14(4-5-19(20)21(23)26-25-13)16-7-17(15-3-2-6-24-11-15)9-18(8-16)22(28)29-12-27/h2-12,28H,1H3,(H2,23,26). The summed E-state index contributed by atoms with van der Waals surface area (Å²) in [5, 5.41) is 20.0. The van der Waals surface area contributed by atoms with Gasteiger partial charge < -0.3 is 15.4 Å². The largest absolute Gasteiger partial charge is 0.561 e. The number of nitrogens with two attached hydrogens (primary N) is 1. The lowest BCUT2D eigenvalue weighted by Crippen LogP contribution is -2.33. The lowest BCUT2D eigenvalue weighted by Gasteiger charge is -2.12. The van der Waals surface area contributed by atoms with Gasteiger partial charge in [-0.2, -0.15) is 5.10 Å². The van der Waals surface area contributed by atoms with Gasteiger partial charge in [-0.15, -0.1) is 5.10 Å². The SMILES string of the molecule is Cc1nnc(N)c2ccc(-c3cc(B(O)OC=O)cc(-c4cccnc4)c3)cc12. The summed E-state index contributed by atoms with van der Waals surface area (Å²) in [4.78, 5) is 14.9. The Morgan fingerprint density at radius 3 is 2.52 bits per heavy atom. The predicted molar refractivity (Wildman–Crippen MR) is 112 cm³/mol. The Morgan fingerprint density at radius 1 is 1.00 bits per heavy atom. The number of anilines is 1. The first-order valence-corrected chi connectivity index (χ1v) is 8.92. The van der Waals surface area contributed by atoms with Crippen molar-refractivity contribution >= 4 is 35.6 Å². The van der Waals surface area contributed by atoms with E-state index in [0.29, 0.717) is 11.3 Å². The second kappa shape index (κ2) is 7.69. The predicted octanol–water partition coefficient (Wildman–Crippen LogP) is 2.11. The maximum Gasteiger partial charge on any atom is 0.561 e. The van der Waals surface area contributed by atoms with E-state index in [1.54, 1.807) is 24.5 Å². The molecule has 142 valence electrons. The fourth-order valence-electron chi connectivity index (χ4n) is 3.28. The lowest BCUT2D eigenvalue weighted by molar-refractivity contribution is -0.121. The molecule has 7 nitrogen and oxygen atoms in total. The minimum atomic E-state index is -1.37. The highest BCUT2D eigenvalue weighted by molar-refractivity contribution is 6.61. The Balaban J connectivity index is 1.90. The third kappa shape index (κ3) is 3.65. The van der Waals surface area contributed by atoms with Crippen molar-refractivity contribution in [1.29, 1.82) is 0 Å². The van der Waals surface area contributed by atoms with Crippen molar-refractivity contribution in [1.82, 2.24) is 15.2 Å². The number of fused-ring (bicyclic) bond motifs is 1. The molecule has 0 aliphatic rings. The number of nitrogen functional groups attached to an aromatic ring is 1. The monoisotopic (exact) mass is 384 g/mol. The highest BCUT2D eigenvalue weighted by Crippen LogP contribution is 2.30. The number of carbonyl (C=O) groups is 1. The van der Waals surface area contributed by atoms with Crippen molar-refractivity contribution < 1.29 is 14.5 Å². The van der Waals surface area contributed by atoms with E-state index >= 15 is 0 Å². The first kappa shape index (κ1) is 18.6. The summed E-state index contributed by atoms with van der Waals surface area (Å²) in [7, 11) is -1.37. The van der Waals surface area contributed by atoms with Crippen LogP contribution in [0.15, 0.2) is 60.9 Å². The molecule has 0 unspecified atom stereocenters. The number of aryl methyl sites for hydroxylation is 1. The smallest absolute Gasteiger partial charge is 0.508 e. The Morgan fingerprint density at radius 2 is 1.79 bits per heavy atom. The van der Waals surface area contributed by atoms with Gasteiger partial charge in [0.15, 0.2) is 5.82 Å². The normalized spacial score (nSPS) is 10.7. The Kier molecular flexibility index (Phi) is 4.93. The van der Waals surface area contributed by atoms with Gasteiger partial charge in [-0.1, -0.05) is 24.3 Å². The topological polar surface area (TPSA) is 111 Å². The third-order valence-corrected chi connectivity index (χ3v) is 4.75. The van der Waals surface area contributed by atoms with Crippen LogP contribution in [0, 0.1) is 6.92 Å². The summed E-state index contributed by atoms with van der Waals surface area (Å²) in [6, 6.07) is 15.1. The van der Waals surface area contributed by atoms with Gasteiger partial charge >= 0.3 is 7.12 Å². The molecule has 2 aromatic heterocycles. The number of benzene rings is 2. The quantitative estimate of drug-likeness (QED) is 0.400. The summed E-state index contributed by atoms with van der Waals surface area (Å²) in [5.74, 6) is 0.372. The van der Waals surface area contributed by atoms with Gasteiger partial charge in [0, 0.05) is 23.2 Å². The van der Waals surface area contributed by atoms with Crippen molar-refractivity contribution in [3.05, 3.63) is 66.6 Å². The highest BCUT2D eigenvalue weighted by atomic mass is 16.5. The van der Waals surface area contributed by atoms with Gasteiger partial charge in [0.2, 0.25) is 0 Å². The van der Waals surface area contributed by atoms with Crippen molar-refractivity contribution in [2.45, 2.75) is 6.92 Å². The molecule has 2 heterocycles. The minimum absolute atomic E-state index is 0.224. The second-order valence-corrected chi connectivity index (χ2v) is 6.60. The van der Waals surface area contributed by atoms with Crippen LogP contribution < -0.4 is 11.2 Å². The van der Waals surface area contributed by atoms with Gasteiger partial charge in [-0.05, 0) is 58.9 Å². The van der Waals surface area contributed by atoms with Crippen LogP contribution in [0.2, 0.25) is 0 Å². The maximum absolute atomic E-state index is 10.7. The van der Waals surface area contributed by atoms with Crippen LogP contribution in [-0.2, 0) is 9.45 Å². The number of pyridine rings is 1. The summed E-state index contributed by atoms with van der Waals surface area (Å²) in [6.07, 6.45) is 3.42. The zero-order valence-electron chi connectivity index (χ0n) is 15.6. The number of carbonyl (C=O) groups excluding carboxylic acids is 1. The Bertz CT molecular complexity index is 1200. The molecule has 0 aliphatic carbocycles. The van der Waals surface area contributed by atoms with Crippen LogP contribution in [0.4, 0.5) is 5.82 Å². The van der Waals surface area contributed by atoms with Gasteiger partial charge in [0.05, 0.1) is 5.69 Å². The molecule has 2 aromatic carbocycles. The summed E-state index contributed by atoms with van der Waals surface area (Å²) in [5.41, 5.74) is 10.6. The Hall–Kier alpha value is -3.78. The molecule has 0 amide bonds. The van der Waals surface area contributed by atoms with Crippen LogP contribution in [0.25, 0.3) is 33.0 Å². The number of hydrogen-bond donors (Lipinski definition) is 2. The summed E-state index contributed by atoms with van der Waals surface area (Å²) in [6.45, 7) is 2.10.